The van der Waals surface area contributed by atoms with Crippen molar-refractivity contribution in [2.45, 2.75) is 52.4 Å². The number of nitrogens with two attached hydrogens (primary N) is 1. The molecule has 1 aliphatic carbocycles. The molecule has 4 nitrogen and oxygen atoms in total. The van der Waals surface area contributed by atoms with E-state index in [4.69, 9.17) is 5.73 Å². The van der Waals surface area contributed by atoms with Gasteiger partial charge in [0, 0.05) is 31.9 Å². The minimum atomic E-state index is -0.227. The molecule has 2 fully saturated rings. The van der Waals surface area contributed by atoms with E-state index in [1.54, 1.807) is 0 Å². The third-order valence-electron chi connectivity index (χ3n) is 6.42. The summed E-state index contributed by atoms with van der Waals surface area (Å²) in [5.41, 5.74) is 8.71. The number of hydrogen-bond donors (Lipinski definition) is 1. The van der Waals surface area contributed by atoms with Gasteiger partial charge < -0.3 is 10.6 Å². The molecule has 1 amide bonds. The fourth-order valence-corrected chi connectivity index (χ4v) is 4.76. The van der Waals surface area contributed by atoms with E-state index in [0.717, 1.165) is 32.1 Å². The van der Waals surface area contributed by atoms with Gasteiger partial charge in [0.15, 0.2) is 0 Å². The van der Waals surface area contributed by atoms with Gasteiger partial charge in [-0.15, -0.1) is 0 Å². The molecule has 2 N–H and O–H groups in total. The highest BCUT2D eigenvalue weighted by Crippen LogP contribution is 2.45. The van der Waals surface area contributed by atoms with Gasteiger partial charge in [0.05, 0.1) is 6.54 Å². The van der Waals surface area contributed by atoms with Crippen molar-refractivity contribution < 1.29 is 4.79 Å². The Morgan fingerprint density at radius 2 is 1.65 bits per heavy atom. The van der Waals surface area contributed by atoms with Gasteiger partial charge in [-0.1, -0.05) is 39.0 Å². The second kappa shape index (κ2) is 7.99. The first-order chi connectivity index (χ1) is 12.3. The summed E-state index contributed by atoms with van der Waals surface area (Å²) in [6, 6.07) is 8.98. The largest absolute Gasteiger partial charge is 0.369 e. The second-order valence-corrected chi connectivity index (χ2v) is 9.20. The standard InChI is InChI=1S/C22H35N3O/c1-22(2,3)18-10-8-17(9-11-18)19-6-4-5-7-20(19)25-14-12-24(13-15-25)16-21(23)26/h4-7,17-18H,8-16H2,1-3H3,(H2,23,26). The summed E-state index contributed by atoms with van der Waals surface area (Å²) in [6.45, 7) is 11.3. The molecular weight excluding hydrogens is 322 g/mol. The lowest BCUT2D eigenvalue weighted by atomic mass is 9.68. The molecule has 1 saturated heterocycles. The lowest BCUT2D eigenvalue weighted by molar-refractivity contribution is -0.119. The summed E-state index contributed by atoms with van der Waals surface area (Å²) in [7, 11) is 0. The van der Waals surface area contributed by atoms with Crippen molar-refractivity contribution in [2.75, 3.05) is 37.6 Å². The first-order valence-corrected chi connectivity index (χ1v) is 10.2. The maximum atomic E-state index is 11.1. The summed E-state index contributed by atoms with van der Waals surface area (Å²) in [5, 5.41) is 0. The molecule has 1 heterocycles. The number of amides is 1. The number of carbonyl (C=O) groups is 1. The van der Waals surface area contributed by atoms with Crippen LogP contribution in [0.3, 0.4) is 0 Å². The van der Waals surface area contributed by atoms with Crippen LogP contribution in [0.5, 0.6) is 0 Å². The predicted octanol–water partition coefficient (Wildman–Crippen LogP) is 3.61. The molecule has 1 aromatic carbocycles. The average Bonchev–Trinajstić information content (AvgIpc) is 2.61. The van der Waals surface area contributed by atoms with Crippen LogP contribution in [0.15, 0.2) is 24.3 Å². The van der Waals surface area contributed by atoms with E-state index >= 15 is 0 Å². The Bertz CT molecular complexity index is 606. The SMILES string of the molecule is CC(C)(C)C1CCC(c2ccccc2N2CCN(CC(N)=O)CC2)CC1. The van der Waals surface area contributed by atoms with E-state index < -0.39 is 0 Å². The minimum absolute atomic E-state index is 0.227. The molecule has 0 spiro atoms. The molecule has 1 saturated carbocycles. The number of rotatable bonds is 4. The van der Waals surface area contributed by atoms with Crippen LogP contribution in [-0.2, 0) is 4.79 Å². The van der Waals surface area contributed by atoms with Crippen molar-refractivity contribution in [1.82, 2.24) is 4.90 Å². The summed E-state index contributed by atoms with van der Waals surface area (Å²) in [6.07, 6.45) is 5.30. The van der Waals surface area contributed by atoms with Crippen molar-refractivity contribution in [3.63, 3.8) is 0 Å². The predicted molar refractivity (Wildman–Crippen MR) is 108 cm³/mol. The molecule has 0 bridgehead atoms. The zero-order valence-electron chi connectivity index (χ0n) is 16.7. The molecule has 26 heavy (non-hydrogen) atoms. The minimum Gasteiger partial charge on any atom is -0.369 e. The summed E-state index contributed by atoms with van der Waals surface area (Å²) < 4.78 is 0. The third kappa shape index (κ3) is 4.59. The van der Waals surface area contributed by atoms with Crippen LogP contribution < -0.4 is 10.6 Å². The van der Waals surface area contributed by atoms with Gasteiger partial charge in [0.1, 0.15) is 0 Å². The van der Waals surface area contributed by atoms with Gasteiger partial charge in [-0.3, -0.25) is 9.69 Å². The van der Waals surface area contributed by atoms with Crippen molar-refractivity contribution >= 4 is 11.6 Å². The molecule has 3 rings (SSSR count). The van der Waals surface area contributed by atoms with Crippen molar-refractivity contribution in [1.29, 1.82) is 0 Å². The first-order valence-electron chi connectivity index (χ1n) is 10.2. The summed E-state index contributed by atoms with van der Waals surface area (Å²) in [4.78, 5) is 15.8. The number of hydrogen-bond acceptors (Lipinski definition) is 3. The monoisotopic (exact) mass is 357 g/mol. The maximum Gasteiger partial charge on any atom is 0.231 e. The van der Waals surface area contributed by atoms with Crippen LogP contribution >= 0.6 is 0 Å². The van der Waals surface area contributed by atoms with Crippen LogP contribution in [0.4, 0.5) is 5.69 Å². The Balaban J connectivity index is 1.65. The molecule has 0 atom stereocenters. The molecule has 0 aromatic heterocycles. The second-order valence-electron chi connectivity index (χ2n) is 9.20. The van der Waals surface area contributed by atoms with E-state index in [2.05, 4.69) is 54.8 Å². The van der Waals surface area contributed by atoms with E-state index in [9.17, 15) is 4.79 Å². The van der Waals surface area contributed by atoms with Gasteiger partial charge >= 0.3 is 0 Å². The Morgan fingerprint density at radius 1 is 1.04 bits per heavy atom. The average molecular weight is 358 g/mol. The van der Waals surface area contributed by atoms with Crippen LogP contribution in [-0.4, -0.2) is 43.5 Å². The molecule has 1 aromatic rings. The number of nitrogens with zero attached hydrogens (tertiary/aromatic N) is 2. The smallest absolute Gasteiger partial charge is 0.231 e. The van der Waals surface area contributed by atoms with Crippen molar-refractivity contribution in [3.8, 4) is 0 Å². The Kier molecular flexibility index (Phi) is 5.91. The lowest BCUT2D eigenvalue weighted by Gasteiger charge is -2.40. The highest BCUT2D eigenvalue weighted by Gasteiger charge is 2.31. The topological polar surface area (TPSA) is 49.6 Å². The van der Waals surface area contributed by atoms with Gasteiger partial charge in [-0.25, -0.2) is 0 Å². The number of anilines is 1. The zero-order chi connectivity index (χ0) is 18.7. The van der Waals surface area contributed by atoms with E-state index in [-0.39, 0.29) is 5.91 Å². The number of para-hydroxylation sites is 1. The number of carbonyl (C=O) groups excluding carboxylic acids is 1. The Hall–Kier alpha value is -1.55. The number of benzene rings is 1. The number of piperazine rings is 1. The molecular formula is C22H35N3O. The van der Waals surface area contributed by atoms with Gasteiger partial charge in [-0.2, -0.15) is 0 Å². The Morgan fingerprint density at radius 3 is 2.23 bits per heavy atom. The van der Waals surface area contributed by atoms with Crippen LogP contribution in [0.25, 0.3) is 0 Å². The fraction of sp³-hybridized carbons (Fsp3) is 0.682. The van der Waals surface area contributed by atoms with Crippen LogP contribution in [0, 0.1) is 11.3 Å². The molecule has 0 radical (unpaired) electrons. The third-order valence-corrected chi connectivity index (χ3v) is 6.42. The first kappa shape index (κ1) is 19.2. The summed E-state index contributed by atoms with van der Waals surface area (Å²) in [5.74, 6) is 1.31. The van der Waals surface area contributed by atoms with Crippen molar-refractivity contribution in [3.05, 3.63) is 29.8 Å². The van der Waals surface area contributed by atoms with Crippen molar-refractivity contribution in [2.24, 2.45) is 17.1 Å². The van der Waals surface area contributed by atoms with Crippen LogP contribution in [0.2, 0.25) is 0 Å². The summed E-state index contributed by atoms with van der Waals surface area (Å²) >= 11 is 0. The molecule has 1 aliphatic heterocycles. The molecule has 144 valence electrons. The molecule has 2 aliphatic rings. The van der Waals surface area contributed by atoms with E-state index in [1.807, 2.05) is 0 Å². The zero-order valence-corrected chi connectivity index (χ0v) is 16.7. The van der Waals surface area contributed by atoms with Crippen LogP contribution in [0.1, 0.15) is 57.9 Å². The normalized spacial score (nSPS) is 25.3. The quantitative estimate of drug-likeness (QED) is 0.895. The Labute approximate surface area is 158 Å². The molecule has 0 unspecified atom stereocenters. The lowest BCUT2D eigenvalue weighted by Crippen LogP contribution is -2.49. The maximum absolute atomic E-state index is 11.1. The number of primary amides is 1. The van der Waals surface area contributed by atoms with Gasteiger partial charge in [0.2, 0.25) is 5.91 Å². The fourth-order valence-electron chi connectivity index (χ4n) is 4.76. The highest BCUT2D eigenvalue weighted by atomic mass is 16.1. The van der Waals surface area contributed by atoms with Gasteiger partial charge in [-0.05, 0) is 54.6 Å². The van der Waals surface area contributed by atoms with E-state index in [0.29, 0.717) is 17.9 Å². The molecule has 4 heteroatoms. The van der Waals surface area contributed by atoms with Gasteiger partial charge in [0.25, 0.3) is 0 Å². The highest BCUT2D eigenvalue weighted by molar-refractivity contribution is 5.76. The van der Waals surface area contributed by atoms with E-state index in [1.165, 1.54) is 36.9 Å².